The third-order valence-corrected chi connectivity index (χ3v) is 6.44. The predicted molar refractivity (Wildman–Crippen MR) is 115 cm³/mol. The molecule has 32 heavy (non-hydrogen) atoms. The first kappa shape index (κ1) is 24.8. The van der Waals surface area contributed by atoms with Gasteiger partial charge in [-0.2, -0.15) is 13.5 Å². The molecule has 0 radical (unpaired) electrons. The average Bonchev–Trinajstić information content (AvgIpc) is 2.70. The van der Waals surface area contributed by atoms with Crippen molar-refractivity contribution >= 4 is 102 Å². The summed E-state index contributed by atoms with van der Waals surface area (Å²) in [5, 5.41) is 20.8. The Balaban J connectivity index is 0.00000289. The molecule has 0 heterocycles. The summed E-state index contributed by atoms with van der Waals surface area (Å²) in [5.41, 5.74) is -0.363. The van der Waals surface area contributed by atoms with Crippen molar-refractivity contribution in [2.75, 3.05) is 0 Å². The number of hydrogen-bond donors (Lipinski definition) is 1. The van der Waals surface area contributed by atoms with Gasteiger partial charge in [-0.1, -0.05) is 60.3 Å². The van der Waals surface area contributed by atoms with Crippen molar-refractivity contribution in [3.8, 4) is 5.75 Å². The van der Waals surface area contributed by atoms with Crippen LogP contribution in [0, 0.1) is 0 Å². The fourth-order valence-electron chi connectivity index (χ4n) is 3.30. The summed E-state index contributed by atoms with van der Waals surface area (Å²) in [6.45, 7) is 0. The third kappa shape index (κ3) is 4.76. The maximum Gasteiger partial charge on any atom is 2.00 e. The van der Waals surface area contributed by atoms with Crippen molar-refractivity contribution in [3.05, 3.63) is 66.7 Å². The van der Waals surface area contributed by atoms with E-state index in [1.807, 2.05) is 0 Å². The molecule has 0 aliphatic carbocycles. The normalized spacial score (nSPS) is 12.3. The molecule has 0 spiro atoms. The summed E-state index contributed by atoms with van der Waals surface area (Å²) in [4.78, 5) is -1.37. The molecule has 4 aromatic carbocycles. The third-order valence-electron chi connectivity index (χ3n) is 4.60. The van der Waals surface area contributed by atoms with Crippen LogP contribution in [0.1, 0.15) is 0 Å². The second-order valence-electron chi connectivity index (χ2n) is 6.53. The van der Waals surface area contributed by atoms with Crippen LogP contribution in [0.5, 0.6) is 5.75 Å². The second kappa shape index (κ2) is 9.21. The Labute approximate surface area is 223 Å². The van der Waals surface area contributed by atoms with Crippen molar-refractivity contribution in [1.29, 1.82) is 0 Å². The largest absolute Gasteiger partial charge is 2.00 e. The molecule has 0 aliphatic heterocycles. The summed E-state index contributed by atoms with van der Waals surface area (Å²) in [6.07, 6.45) is 0. The molecular formula is C20H12BaN2O7S2. The minimum absolute atomic E-state index is 0. The van der Waals surface area contributed by atoms with Crippen LogP contribution in [-0.2, 0) is 20.2 Å². The molecular weight excluding hydrogens is 582 g/mol. The van der Waals surface area contributed by atoms with Crippen LogP contribution >= 0.6 is 0 Å². The van der Waals surface area contributed by atoms with Crippen LogP contribution < -0.4 is 5.11 Å². The zero-order valence-corrected chi connectivity index (χ0v) is 22.2. The first-order valence-corrected chi connectivity index (χ1v) is 11.5. The fraction of sp³-hybridized carbons (Fsp3) is 0. The first-order valence-electron chi connectivity index (χ1n) is 8.67. The first-order chi connectivity index (χ1) is 14.6. The number of rotatable bonds is 4. The van der Waals surface area contributed by atoms with Crippen LogP contribution in [0.4, 0.5) is 11.4 Å². The van der Waals surface area contributed by atoms with E-state index in [2.05, 4.69) is 10.2 Å². The van der Waals surface area contributed by atoms with Crippen LogP contribution in [0.3, 0.4) is 0 Å². The Bertz CT molecular complexity index is 1600. The van der Waals surface area contributed by atoms with Gasteiger partial charge in [0.05, 0.1) is 10.6 Å². The van der Waals surface area contributed by atoms with Crippen LogP contribution in [0.15, 0.2) is 86.7 Å². The van der Waals surface area contributed by atoms with Crippen molar-refractivity contribution < 1.29 is 31.0 Å². The van der Waals surface area contributed by atoms with Gasteiger partial charge < -0.3 is 9.66 Å². The van der Waals surface area contributed by atoms with Crippen LogP contribution in [0.25, 0.3) is 21.5 Å². The minimum Gasteiger partial charge on any atom is -0.871 e. The molecule has 0 unspecified atom stereocenters. The molecule has 0 atom stereocenters. The van der Waals surface area contributed by atoms with E-state index in [4.69, 9.17) is 0 Å². The standard InChI is InChI=1S/C20H14N2O7S2.Ba/c23-17-11-8-12-4-1-2-5-13(12)19(17)22-21-16-10-9-14-15(20(16)31(27,28)29)6-3-7-18(14)30(24,25)26;/h1-11,23H,(H,24,25,26)(H,27,28,29);/q;+2/p-2. The number of azo groups is 1. The van der Waals surface area contributed by atoms with Gasteiger partial charge in [0.15, 0.2) is 0 Å². The summed E-state index contributed by atoms with van der Waals surface area (Å²) < 4.78 is 68.5. The van der Waals surface area contributed by atoms with Crippen molar-refractivity contribution in [3.63, 3.8) is 0 Å². The van der Waals surface area contributed by atoms with Gasteiger partial charge in [0.25, 0.3) is 10.1 Å². The van der Waals surface area contributed by atoms with E-state index < -0.39 is 35.8 Å². The van der Waals surface area contributed by atoms with E-state index in [1.54, 1.807) is 30.3 Å². The van der Waals surface area contributed by atoms with Gasteiger partial charge in [0.2, 0.25) is 0 Å². The van der Waals surface area contributed by atoms with Gasteiger partial charge in [-0.05, 0) is 17.5 Å². The Morgan fingerprint density at radius 1 is 0.750 bits per heavy atom. The molecule has 1 N–H and O–H groups in total. The zero-order chi connectivity index (χ0) is 22.4. The molecule has 4 rings (SSSR count). The van der Waals surface area contributed by atoms with Crippen molar-refractivity contribution in [2.24, 2.45) is 10.2 Å². The summed E-state index contributed by atoms with van der Waals surface area (Å²) >= 11 is 0. The van der Waals surface area contributed by atoms with Crippen LogP contribution in [0.2, 0.25) is 0 Å². The van der Waals surface area contributed by atoms with Gasteiger partial charge in [-0.25, -0.2) is 8.42 Å². The zero-order valence-electron chi connectivity index (χ0n) is 16.2. The molecule has 158 valence electrons. The summed E-state index contributed by atoms with van der Waals surface area (Å²) in [7, 11) is -9.82. The van der Waals surface area contributed by atoms with Gasteiger partial charge in [0.1, 0.15) is 20.7 Å². The maximum atomic E-state index is 12.3. The number of nitrogens with zero attached hydrogens (tertiary/aromatic N) is 2. The predicted octanol–water partition coefficient (Wildman–Crippen LogP) is 3.25. The smallest absolute Gasteiger partial charge is 0.871 e. The molecule has 0 bridgehead atoms. The molecule has 0 saturated carbocycles. The molecule has 0 amide bonds. The van der Waals surface area contributed by atoms with E-state index >= 15 is 0 Å². The van der Waals surface area contributed by atoms with E-state index in [1.165, 1.54) is 24.3 Å². The molecule has 4 aromatic rings. The van der Waals surface area contributed by atoms with E-state index in [0.717, 1.165) is 17.5 Å². The minimum atomic E-state index is -4.91. The fourth-order valence-corrected chi connectivity index (χ4v) is 4.82. The van der Waals surface area contributed by atoms with Crippen molar-refractivity contribution in [2.45, 2.75) is 9.79 Å². The van der Waals surface area contributed by atoms with E-state index in [-0.39, 0.29) is 71.0 Å². The Morgan fingerprint density at radius 2 is 1.44 bits per heavy atom. The second-order valence-corrected chi connectivity index (χ2v) is 9.23. The molecule has 0 fully saturated rings. The molecule has 0 saturated heterocycles. The topological polar surface area (TPSA) is 159 Å². The molecule has 0 aromatic heterocycles. The van der Waals surface area contributed by atoms with Gasteiger partial charge in [-0.15, -0.1) is 5.11 Å². The molecule has 12 heteroatoms. The van der Waals surface area contributed by atoms with Crippen molar-refractivity contribution in [1.82, 2.24) is 0 Å². The van der Waals surface area contributed by atoms with Gasteiger partial charge in [0, 0.05) is 16.2 Å². The van der Waals surface area contributed by atoms with Gasteiger partial charge in [-0.3, -0.25) is 4.55 Å². The van der Waals surface area contributed by atoms with E-state index in [0.29, 0.717) is 5.39 Å². The number of fused-ring (bicyclic) bond motifs is 2. The monoisotopic (exact) mass is 594 g/mol. The summed E-state index contributed by atoms with van der Waals surface area (Å²) in [6, 6.07) is 15.5. The molecule has 9 nitrogen and oxygen atoms in total. The summed E-state index contributed by atoms with van der Waals surface area (Å²) in [5.74, 6) is -0.448. The van der Waals surface area contributed by atoms with Gasteiger partial charge >= 0.3 is 48.9 Å². The maximum absolute atomic E-state index is 12.3. The Morgan fingerprint density at radius 3 is 2.12 bits per heavy atom. The van der Waals surface area contributed by atoms with E-state index in [9.17, 15) is 31.0 Å². The molecule has 0 aliphatic rings. The Kier molecular flexibility index (Phi) is 7.14. The Hall–Kier alpha value is -1.81. The average molecular weight is 594 g/mol. The number of benzene rings is 4. The number of hydrogen-bond acceptors (Lipinski definition) is 8. The SMILES string of the molecule is O=S(=O)([O-])c1cccc2c(S(=O)(=O)O)c(N=Nc3c([O-])ccc4ccccc34)ccc12.[Ba+2]. The quantitative estimate of drug-likeness (QED) is 0.216. The van der Waals surface area contributed by atoms with Crippen LogP contribution in [-0.4, -0.2) is 74.8 Å².